The number of nitrogens with zero attached hydrogens (tertiary/aromatic N) is 2. The van der Waals surface area contributed by atoms with Crippen molar-refractivity contribution in [1.82, 2.24) is 9.80 Å². The molecule has 3 heteroatoms. The van der Waals surface area contributed by atoms with Crippen LogP contribution in [-0.4, -0.2) is 54.6 Å². The Kier molecular flexibility index (Phi) is 3.65. The van der Waals surface area contributed by atoms with Crippen LogP contribution in [0.4, 0.5) is 0 Å². The third-order valence-corrected chi connectivity index (χ3v) is 3.93. The van der Waals surface area contributed by atoms with Crippen molar-refractivity contribution < 1.29 is 0 Å². The fraction of sp³-hybridized carbons (Fsp3) is 1.00. The molecule has 1 heterocycles. The van der Waals surface area contributed by atoms with Gasteiger partial charge < -0.3 is 10.6 Å². The molecule has 2 N–H and O–H groups in total. The molecule has 0 spiro atoms. The molecule has 2 rings (SSSR count). The van der Waals surface area contributed by atoms with Crippen LogP contribution in [0.3, 0.4) is 0 Å². The number of rotatable bonds is 3. The zero-order valence-corrected chi connectivity index (χ0v) is 10.2. The minimum absolute atomic E-state index is 0.506. The molecular weight excluding hydrogens is 186 g/mol. The smallest absolute Gasteiger partial charge is 0.0113 e. The van der Waals surface area contributed by atoms with Crippen molar-refractivity contribution in [3.8, 4) is 0 Å². The van der Waals surface area contributed by atoms with Gasteiger partial charge >= 0.3 is 0 Å². The van der Waals surface area contributed by atoms with Crippen molar-refractivity contribution in [2.45, 2.75) is 38.8 Å². The summed E-state index contributed by atoms with van der Waals surface area (Å²) in [6.45, 7) is 10.9. The summed E-state index contributed by atoms with van der Waals surface area (Å²) in [6.07, 6.45) is 2.51. The average molecular weight is 211 g/mol. The van der Waals surface area contributed by atoms with Gasteiger partial charge in [-0.15, -0.1) is 0 Å². The van der Waals surface area contributed by atoms with Gasteiger partial charge in [0.05, 0.1) is 0 Å². The topological polar surface area (TPSA) is 32.5 Å². The van der Waals surface area contributed by atoms with Crippen molar-refractivity contribution in [3.63, 3.8) is 0 Å². The number of piperazine rings is 1. The maximum atomic E-state index is 5.81. The summed E-state index contributed by atoms with van der Waals surface area (Å²) in [7, 11) is 0. The predicted octanol–water partition coefficient (Wildman–Crippen LogP) is 0.750. The number of hydrogen-bond acceptors (Lipinski definition) is 3. The second-order valence-corrected chi connectivity index (χ2v) is 5.53. The van der Waals surface area contributed by atoms with E-state index in [0.29, 0.717) is 12.1 Å². The third kappa shape index (κ3) is 2.92. The molecule has 2 aliphatic rings. The largest absolute Gasteiger partial charge is 0.328 e. The molecule has 0 atom stereocenters. The summed E-state index contributed by atoms with van der Waals surface area (Å²) in [6, 6.07) is 1.22. The fourth-order valence-electron chi connectivity index (χ4n) is 2.76. The van der Waals surface area contributed by atoms with Crippen LogP contribution in [0.25, 0.3) is 0 Å². The number of hydrogen-bond donors (Lipinski definition) is 1. The molecule has 0 amide bonds. The second kappa shape index (κ2) is 4.81. The molecule has 1 aliphatic carbocycles. The van der Waals surface area contributed by atoms with Crippen LogP contribution < -0.4 is 5.73 Å². The standard InChI is InChI=1S/C12H25N3/c1-10(2)15-5-3-14(4-6-15)9-11-7-12(13)8-11/h10-12H,3-9,13H2,1-2H3. The van der Waals surface area contributed by atoms with Crippen LogP contribution in [0.5, 0.6) is 0 Å². The first-order chi connectivity index (χ1) is 7.15. The molecule has 0 radical (unpaired) electrons. The van der Waals surface area contributed by atoms with Crippen molar-refractivity contribution in [1.29, 1.82) is 0 Å². The number of nitrogens with two attached hydrogens (primary N) is 1. The van der Waals surface area contributed by atoms with Gasteiger partial charge in [-0.25, -0.2) is 0 Å². The van der Waals surface area contributed by atoms with Gasteiger partial charge in [-0.2, -0.15) is 0 Å². The van der Waals surface area contributed by atoms with Gasteiger partial charge in [-0.05, 0) is 32.6 Å². The van der Waals surface area contributed by atoms with Gasteiger partial charge in [-0.3, -0.25) is 4.90 Å². The molecule has 0 aromatic rings. The van der Waals surface area contributed by atoms with Gasteiger partial charge in [0.2, 0.25) is 0 Å². The van der Waals surface area contributed by atoms with Crippen molar-refractivity contribution in [2.24, 2.45) is 11.7 Å². The minimum Gasteiger partial charge on any atom is -0.328 e. The minimum atomic E-state index is 0.506. The Balaban J connectivity index is 1.65. The molecule has 1 aliphatic heterocycles. The monoisotopic (exact) mass is 211 g/mol. The van der Waals surface area contributed by atoms with E-state index >= 15 is 0 Å². The lowest BCUT2D eigenvalue weighted by Crippen LogP contribution is -2.51. The van der Waals surface area contributed by atoms with Crippen LogP contribution in [-0.2, 0) is 0 Å². The molecule has 1 saturated heterocycles. The van der Waals surface area contributed by atoms with E-state index in [1.807, 2.05) is 0 Å². The zero-order chi connectivity index (χ0) is 10.8. The Morgan fingerprint density at radius 2 is 1.73 bits per heavy atom. The quantitative estimate of drug-likeness (QED) is 0.748. The van der Waals surface area contributed by atoms with Gasteiger partial charge in [0, 0.05) is 44.8 Å². The van der Waals surface area contributed by atoms with Crippen LogP contribution >= 0.6 is 0 Å². The first-order valence-electron chi connectivity index (χ1n) is 6.37. The molecular formula is C12H25N3. The van der Waals surface area contributed by atoms with Crippen LogP contribution in [0.2, 0.25) is 0 Å². The van der Waals surface area contributed by atoms with Crippen LogP contribution in [0.15, 0.2) is 0 Å². The molecule has 15 heavy (non-hydrogen) atoms. The van der Waals surface area contributed by atoms with E-state index in [-0.39, 0.29) is 0 Å². The van der Waals surface area contributed by atoms with E-state index in [0.717, 1.165) is 5.92 Å². The van der Waals surface area contributed by atoms with E-state index in [2.05, 4.69) is 23.6 Å². The SMILES string of the molecule is CC(C)N1CCN(CC2CC(N)C2)CC1. The summed E-state index contributed by atoms with van der Waals surface area (Å²) in [5.41, 5.74) is 5.81. The third-order valence-electron chi connectivity index (χ3n) is 3.93. The second-order valence-electron chi connectivity index (χ2n) is 5.53. The van der Waals surface area contributed by atoms with E-state index in [1.165, 1.54) is 45.6 Å². The van der Waals surface area contributed by atoms with E-state index < -0.39 is 0 Å². The molecule has 0 unspecified atom stereocenters. The van der Waals surface area contributed by atoms with Gasteiger partial charge in [0.25, 0.3) is 0 Å². The Labute approximate surface area is 93.6 Å². The maximum absolute atomic E-state index is 5.81. The average Bonchev–Trinajstić information content (AvgIpc) is 2.16. The fourth-order valence-corrected chi connectivity index (χ4v) is 2.76. The molecule has 0 aromatic heterocycles. The lowest BCUT2D eigenvalue weighted by atomic mass is 9.80. The van der Waals surface area contributed by atoms with E-state index in [9.17, 15) is 0 Å². The lowest BCUT2D eigenvalue weighted by molar-refractivity contribution is 0.0794. The summed E-state index contributed by atoms with van der Waals surface area (Å²) in [4.78, 5) is 5.19. The normalized spacial score (nSPS) is 34.4. The van der Waals surface area contributed by atoms with Crippen molar-refractivity contribution in [2.75, 3.05) is 32.7 Å². The summed E-state index contributed by atoms with van der Waals surface area (Å²) < 4.78 is 0. The first kappa shape index (κ1) is 11.4. The molecule has 0 aromatic carbocycles. The molecule has 2 fully saturated rings. The Hall–Kier alpha value is -0.120. The summed E-state index contributed by atoms with van der Waals surface area (Å²) >= 11 is 0. The molecule has 88 valence electrons. The molecule has 3 nitrogen and oxygen atoms in total. The predicted molar refractivity (Wildman–Crippen MR) is 63.8 cm³/mol. The van der Waals surface area contributed by atoms with Crippen LogP contribution in [0.1, 0.15) is 26.7 Å². The van der Waals surface area contributed by atoms with E-state index in [4.69, 9.17) is 5.73 Å². The Morgan fingerprint density at radius 1 is 1.13 bits per heavy atom. The van der Waals surface area contributed by atoms with Crippen molar-refractivity contribution in [3.05, 3.63) is 0 Å². The van der Waals surface area contributed by atoms with Crippen LogP contribution in [0, 0.1) is 5.92 Å². The highest BCUT2D eigenvalue weighted by molar-refractivity contribution is 4.85. The highest BCUT2D eigenvalue weighted by Gasteiger charge is 2.28. The van der Waals surface area contributed by atoms with Gasteiger partial charge in [-0.1, -0.05) is 0 Å². The van der Waals surface area contributed by atoms with Crippen molar-refractivity contribution >= 4 is 0 Å². The summed E-state index contributed by atoms with van der Waals surface area (Å²) in [5.74, 6) is 0.894. The zero-order valence-electron chi connectivity index (χ0n) is 10.2. The highest BCUT2D eigenvalue weighted by atomic mass is 15.3. The first-order valence-corrected chi connectivity index (χ1v) is 6.37. The van der Waals surface area contributed by atoms with Gasteiger partial charge in [0.1, 0.15) is 0 Å². The lowest BCUT2D eigenvalue weighted by Gasteiger charge is -2.41. The molecule has 1 saturated carbocycles. The maximum Gasteiger partial charge on any atom is 0.0113 e. The van der Waals surface area contributed by atoms with E-state index in [1.54, 1.807) is 0 Å². The highest BCUT2D eigenvalue weighted by Crippen LogP contribution is 2.26. The Morgan fingerprint density at radius 3 is 2.20 bits per heavy atom. The Bertz CT molecular complexity index is 191. The summed E-state index contributed by atoms with van der Waals surface area (Å²) in [5, 5.41) is 0. The molecule has 0 bridgehead atoms. The van der Waals surface area contributed by atoms with Gasteiger partial charge in [0.15, 0.2) is 0 Å².